The van der Waals surface area contributed by atoms with Gasteiger partial charge in [0, 0.05) is 6.04 Å². The zero-order valence-corrected chi connectivity index (χ0v) is 7.89. The van der Waals surface area contributed by atoms with E-state index in [0.29, 0.717) is 6.04 Å². The highest BCUT2D eigenvalue weighted by Crippen LogP contribution is 2.05. The third kappa shape index (κ3) is 2.48. The molecule has 0 unspecified atom stereocenters. The fraction of sp³-hybridized carbons (Fsp3) is 0.889. The summed E-state index contributed by atoms with van der Waals surface area (Å²) in [6.07, 6.45) is 3.11. The van der Waals surface area contributed by atoms with Gasteiger partial charge in [0.05, 0.1) is 6.04 Å². The highest BCUT2D eigenvalue weighted by Gasteiger charge is 2.22. The Morgan fingerprint density at radius 1 is 1.75 bits per heavy atom. The van der Waals surface area contributed by atoms with Gasteiger partial charge < -0.3 is 10.6 Å². The monoisotopic (exact) mass is 170 g/mol. The van der Waals surface area contributed by atoms with Crippen LogP contribution in [0, 0.1) is 0 Å². The van der Waals surface area contributed by atoms with Crippen molar-refractivity contribution in [3.8, 4) is 0 Å². The Morgan fingerprint density at radius 2 is 2.50 bits per heavy atom. The van der Waals surface area contributed by atoms with Crippen LogP contribution in [0.2, 0.25) is 0 Å². The Morgan fingerprint density at radius 3 is 3.00 bits per heavy atom. The van der Waals surface area contributed by atoms with Crippen molar-refractivity contribution in [1.82, 2.24) is 10.6 Å². The number of hydrogen-bond donors (Lipinski definition) is 2. The van der Waals surface area contributed by atoms with Crippen LogP contribution >= 0.6 is 0 Å². The number of amides is 1. The van der Waals surface area contributed by atoms with Gasteiger partial charge in [-0.05, 0) is 32.7 Å². The van der Waals surface area contributed by atoms with Crippen LogP contribution in [0.4, 0.5) is 0 Å². The Hall–Kier alpha value is -0.570. The van der Waals surface area contributed by atoms with E-state index < -0.39 is 0 Å². The lowest BCUT2D eigenvalue weighted by Crippen LogP contribution is -2.43. The summed E-state index contributed by atoms with van der Waals surface area (Å²) in [5.74, 6) is 0.168. The summed E-state index contributed by atoms with van der Waals surface area (Å²) in [5, 5.41) is 6.14. The van der Waals surface area contributed by atoms with Gasteiger partial charge in [-0.25, -0.2) is 0 Å². The van der Waals surface area contributed by atoms with Crippen LogP contribution in [0.25, 0.3) is 0 Å². The Labute approximate surface area is 73.9 Å². The molecular formula is C9H18N2O. The topological polar surface area (TPSA) is 41.1 Å². The molecule has 0 spiro atoms. The SMILES string of the molecule is CC[C@@H](C)NC(=O)[C@H]1CCCN1. The molecule has 1 amide bonds. The molecule has 1 aliphatic heterocycles. The molecule has 2 atom stereocenters. The van der Waals surface area contributed by atoms with Crippen LogP contribution in [0.3, 0.4) is 0 Å². The predicted molar refractivity (Wildman–Crippen MR) is 48.9 cm³/mol. The Bertz CT molecular complexity index is 153. The summed E-state index contributed by atoms with van der Waals surface area (Å²) < 4.78 is 0. The maximum absolute atomic E-state index is 11.4. The molecule has 2 N–H and O–H groups in total. The molecule has 1 aliphatic rings. The van der Waals surface area contributed by atoms with Crippen molar-refractivity contribution < 1.29 is 4.79 Å². The van der Waals surface area contributed by atoms with Crippen molar-refractivity contribution in [3.05, 3.63) is 0 Å². The molecule has 0 saturated carbocycles. The van der Waals surface area contributed by atoms with Gasteiger partial charge in [-0.15, -0.1) is 0 Å². The van der Waals surface area contributed by atoms with Gasteiger partial charge in [0.2, 0.25) is 5.91 Å². The van der Waals surface area contributed by atoms with Gasteiger partial charge in [-0.2, -0.15) is 0 Å². The normalized spacial score (nSPS) is 25.3. The summed E-state index contributed by atoms with van der Waals surface area (Å²) in [5.41, 5.74) is 0. The van der Waals surface area contributed by atoms with Crippen molar-refractivity contribution in [3.63, 3.8) is 0 Å². The van der Waals surface area contributed by atoms with Crippen LogP contribution in [-0.4, -0.2) is 24.5 Å². The van der Waals surface area contributed by atoms with Crippen molar-refractivity contribution in [2.45, 2.75) is 45.2 Å². The minimum atomic E-state index is 0.0685. The quantitative estimate of drug-likeness (QED) is 0.653. The first-order valence-corrected chi connectivity index (χ1v) is 4.77. The molecule has 0 aromatic heterocycles. The van der Waals surface area contributed by atoms with E-state index >= 15 is 0 Å². The first-order chi connectivity index (χ1) is 5.74. The van der Waals surface area contributed by atoms with Gasteiger partial charge in [0.15, 0.2) is 0 Å². The van der Waals surface area contributed by atoms with Gasteiger partial charge in [0.1, 0.15) is 0 Å². The number of carbonyl (C=O) groups is 1. The number of hydrogen-bond acceptors (Lipinski definition) is 2. The maximum Gasteiger partial charge on any atom is 0.237 e. The second-order valence-electron chi connectivity index (χ2n) is 3.47. The average Bonchev–Trinajstić information content (AvgIpc) is 2.56. The lowest BCUT2D eigenvalue weighted by molar-refractivity contribution is -0.123. The molecule has 0 aromatic carbocycles. The lowest BCUT2D eigenvalue weighted by atomic mass is 10.2. The molecule has 1 rings (SSSR count). The molecule has 70 valence electrons. The highest BCUT2D eigenvalue weighted by atomic mass is 16.2. The molecular weight excluding hydrogens is 152 g/mol. The molecule has 0 bridgehead atoms. The zero-order chi connectivity index (χ0) is 8.97. The Balaban J connectivity index is 2.27. The first-order valence-electron chi connectivity index (χ1n) is 4.77. The minimum absolute atomic E-state index is 0.0685. The van der Waals surface area contributed by atoms with E-state index in [2.05, 4.69) is 17.6 Å². The highest BCUT2D eigenvalue weighted by molar-refractivity contribution is 5.82. The van der Waals surface area contributed by atoms with E-state index in [1.54, 1.807) is 0 Å². The molecule has 3 nitrogen and oxygen atoms in total. The zero-order valence-electron chi connectivity index (χ0n) is 7.89. The smallest absolute Gasteiger partial charge is 0.237 e. The standard InChI is InChI=1S/C9H18N2O/c1-3-7(2)11-9(12)8-5-4-6-10-8/h7-8,10H,3-6H2,1-2H3,(H,11,12)/t7-,8-/m1/s1. The molecule has 0 aromatic rings. The summed E-state index contributed by atoms with van der Waals surface area (Å²) in [4.78, 5) is 11.4. The predicted octanol–water partition coefficient (Wildman–Crippen LogP) is 0.653. The van der Waals surface area contributed by atoms with Crippen molar-refractivity contribution in [2.75, 3.05) is 6.54 Å². The van der Waals surface area contributed by atoms with Crippen molar-refractivity contribution in [1.29, 1.82) is 0 Å². The van der Waals surface area contributed by atoms with Crippen LogP contribution in [0.5, 0.6) is 0 Å². The van der Waals surface area contributed by atoms with Crippen LogP contribution in [0.1, 0.15) is 33.1 Å². The minimum Gasteiger partial charge on any atom is -0.352 e. The van der Waals surface area contributed by atoms with Gasteiger partial charge in [0.25, 0.3) is 0 Å². The van der Waals surface area contributed by atoms with Crippen molar-refractivity contribution >= 4 is 5.91 Å². The van der Waals surface area contributed by atoms with Crippen LogP contribution in [-0.2, 0) is 4.79 Å². The second kappa shape index (κ2) is 4.45. The summed E-state index contributed by atoms with van der Waals surface area (Å²) in [7, 11) is 0. The van der Waals surface area contributed by atoms with Crippen LogP contribution in [0.15, 0.2) is 0 Å². The molecule has 0 aliphatic carbocycles. The maximum atomic E-state index is 11.4. The largest absolute Gasteiger partial charge is 0.352 e. The third-order valence-electron chi connectivity index (χ3n) is 2.38. The van der Waals surface area contributed by atoms with Crippen LogP contribution < -0.4 is 10.6 Å². The molecule has 1 saturated heterocycles. The van der Waals surface area contributed by atoms with E-state index in [4.69, 9.17) is 0 Å². The molecule has 0 radical (unpaired) electrons. The Kier molecular flexibility index (Phi) is 3.53. The van der Waals surface area contributed by atoms with E-state index in [1.165, 1.54) is 0 Å². The van der Waals surface area contributed by atoms with Gasteiger partial charge >= 0.3 is 0 Å². The number of nitrogens with one attached hydrogen (secondary N) is 2. The van der Waals surface area contributed by atoms with E-state index in [-0.39, 0.29) is 11.9 Å². The third-order valence-corrected chi connectivity index (χ3v) is 2.38. The van der Waals surface area contributed by atoms with Gasteiger partial charge in [-0.3, -0.25) is 4.79 Å². The summed E-state index contributed by atoms with van der Waals surface area (Å²) in [6, 6.07) is 0.374. The fourth-order valence-corrected chi connectivity index (χ4v) is 1.35. The number of rotatable bonds is 3. The summed E-state index contributed by atoms with van der Waals surface area (Å²) in [6.45, 7) is 5.10. The molecule has 3 heteroatoms. The summed E-state index contributed by atoms with van der Waals surface area (Å²) >= 11 is 0. The average molecular weight is 170 g/mol. The first kappa shape index (κ1) is 9.52. The molecule has 1 heterocycles. The molecule has 1 fully saturated rings. The lowest BCUT2D eigenvalue weighted by Gasteiger charge is -2.15. The fourth-order valence-electron chi connectivity index (χ4n) is 1.35. The number of carbonyl (C=O) groups excluding carboxylic acids is 1. The van der Waals surface area contributed by atoms with Crippen molar-refractivity contribution in [2.24, 2.45) is 0 Å². The second-order valence-corrected chi connectivity index (χ2v) is 3.47. The van der Waals surface area contributed by atoms with E-state index in [0.717, 1.165) is 25.8 Å². The van der Waals surface area contributed by atoms with Gasteiger partial charge in [-0.1, -0.05) is 6.92 Å². The molecule has 12 heavy (non-hydrogen) atoms. The van der Waals surface area contributed by atoms with E-state index in [9.17, 15) is 4.79 Å². The van der Waals surface area contributed by atoms with E-state index in [1.807, 2.05) is 6.92 Å².